The Balaban J connectivity index is 1.77. The highest BCUT2D eigenvalue weighted by Crippen LogP contribution is 2.24. The van der Waals surface area contributed by atoms with E-state index in [2.05, 4.69) is 21.6 Å². The second-order valence-corrected chi connectivity index (χ2v) is 4.73. The van der Waals surface area contributed by atoms with E-state index in [0.717, 1.165) is 28.5 Å². The fraction of sp³-hybridized carbons (Fsp3) is 0.125. The molecule has 21 heavy (non-hydrogen) atoms. The van der Waals surface area contributed by atoms with Gasteiger partial charge in [0.05, 0.1) is 17.8 Å². The average Bonchev–Trinajstić information content (AvgIpc) is 3.13. The number of anilines is 1. The fourth-order valence-electron chi connectivity index (χ4n) is 2.12. The van der Waals surface area contributed by atoms with E-state index >= 15 is 0 Å². The maximum absolute atomic E-state index is 8.90. The van der Waals surface area contributed by atoms with Gasteiger partial charge in [0, 0.05) is 17.8 Å². The summed E-state index contributed by atoms with van der Waals surface area (Å²) in [5, 5.41) is 19.2. The van der Waals surface area contributed by atoms with E-state index in [9.17, 15) is 0 Å². The van der Waals surface area contributed by atoms with Crippen LogP contribution in [0.25, 0.3) is 11.5 Å². The Labute approximate surface area is 122 Å². The van der Waals surface area contributed by atoms with Gasteiger partial charge in [-0.1, -0.05) is 6.07 Å². The number of H-pyrrole nitrogens is 1. The van der Waals surface area contributed by atoms with Crippen LogP contribution in [0, 0.1) is 18.3 Å². The topological polar surface area (TPSA) is 77.6 Å². The highest BCUT2D eigenvalue weighted by atomic mass is 16.3. The van der Waals surface area contributed by atoms with Crippen LogP contribution in [0.5, 0.6) is 0 Å². The molecule has 3 aromatic rings. The minimum Gasteiger partial charge on any atom is -0.460 e. The first kappa shape index (κ1) is 13.0. The number of nitriles is 1. The summed E-state index contributed by atoms with van der Waals surface area (Å²) in [7, 11) is 0. The molecule has 2 aromatic heterocycles. The van der Waals surface area contributed by atoms with Gasteiger partial charge in [0.25, 0.3) is 0 Å². The lowest BCUT2D eigenvalue weighted by atomic mass is 10.2. The normalized spacial score (nSPS) is 10.3. The quantitative estimate of drug-likeness (QED) is 0.766. The van der Waals surface area contributed by atoms with Crippen molar-refractivity contribution < 1.29 is 4.42 Å². The maximum Gasteiger partial charge on any atom is 0.152 e. The Bertz CT molecular complexity index is 794. The number of aryl methyl sites for hydroxylation is 1. The van der Waals surface area contributed by atoms with E-state index in [0.29, 0.717) is 12.1 Å². The standard InChI is InChI=1S/C16H14N4O/c1-11-5-6-15(21-11)16-13(10-19-20-16)9-18-14-4-2-3-12(7-14)8-17/h2-7,10,18H,9H2,1H3,(H,19,20). The molecule has 0 radical (unpaired) electrons. The third-order valence-corrected chi connectivity index (χ3v) is 3.18. The third-order valence-electron chi connectivity index (χ3n) is 3.18. The summed E-state index contributed by atoms with van der Waals surface area (Å²) in [4.78, 5) is 0. The number of furan rings is 1. The van der Waals surface area contributed by atoms with Gasteiger partial charge in [-0.2, -0.15) is 10.4 Å². The lowest BCUT2D eigenvalue weighted by molar-refractivity contribution is 0.545. The molecular weight excluding hydrogens is 264 g/mol. The first-order valence-corrected chi connectivity index (χ1v) is 6.59. The fourth-order valence-corrected chi connectivity index (χ4v) is 2.12. The van der Waals surface area contributed by atoms with E-state index < -0.39 is 0 Å². The summed E-state index contributed by atoms with van der Waals surface area (Å²) in [6.07, 6.45) is 1.77. The van der Waals surface area contributed by atoms with Gasteiger partial charge >= 0.3 is 0 Å². The predicted molar refractivity (Wildman–Crippen MR) is 79.5 cm³/mol. The van der Waals surface area contributed by atoms with Gasteiger partial charge in [0.2, 0.25) is 0 Å². The Kier molecular flexibility index (Phi) is 3.44. The molecule has 5 heteroatoms. The second kappa shape index (κ2) is 5.55. The molecule has 104 valence electrons. The number of benzene rings is 1. The zero-order valence-corrected chi connectivity index (χ0v) is 11.6. The summed E-state index contributed by atoms with van der Waals surface area (Å²) < 4.78 is 5.62. The van der Waals surface area contributed by atoms with Crippen molar-refractivity contribution in [1.82, 2.24) is 10.2 Å². The van der Waals surface area contributed by atoms with E-state index in [1.54, 1.807) is 12.3 Å². The Morgan fingerprint density at radius 2 is 2.24 bits per heavy atom. The molecular formula is C16H14N4O. The number of hydrogen-bond acceptors (Lipinski definition) is 4. The minimum absolute atomic E-state index is 0.598. The zero-order chi connectivity index (χ0) is 14.7. The summed E-state index contributed by atoms with van der Waals surface area (Å²) in [5.74, 6) is 1.63. The maximum atomic E-state index is 8.90. The molecule has 0 aliphatic carbocycles. The van der Waals surface area contributed by atoms with Crippen LogP contribution in [0.1, 0.15) is 16.9 Å². The van der Waals surface area contributed by atoms with Crippen molar-refractivity contribution >= 4 is 5.69 Å². The van der Waals surface area contributed by atoms with Crippen molar-refractivity contribution in [2.75, 3.05) is 5.32 Å². The molecule has 2 heterocycles. The number of aromatic nitrogens is 2. The van der Waals surface area contributed by atoms with Crippen LogP contribution in [-0.4, -0.2) is 10.2 Å². The number of nitrogens with one attached hydrogen (secondary N) is 2. The Morgan fingerprint density at radius 1 is 1.33 bits per heavy atom. The minimum atomic E-state index is 0.598. The van der Waals surface area contributed by atoms with Crippen molar-refractivity contribution in [3.05, 3.63) is 59.5 Å². The van der Waals surface area contributed by atoms with Gasteiger partial charge in [0.15, 0.2) is 5.76 Å². The Morgan fingerprint density at radius 3 is 3.00 bits per heavy atom. The molecule has 0 aliphatic rings. The molecule has 5 nitrogen and oxygen atoms in total. The van der Waals surface area contributed by atoms with Crippen LogP contribution in [0.3, 0.4) is 0 Å². The summed E-state index contributed by atoms with van der Waals surface area (Å²) >= 11 is 0. The molecule has 1 aromatic carbocycles. The molecule has 0 bridgehead atoms. The Hall–Kier alpha value is -3.00. The molecule has 0 amide bonds. The zero-order valence-electron chi connectivity index (χ0n) is 11.6. The van der Waals surface area contributed by atoms with Crippen molar-refractivity contribution in [1.29, 1.82) is 5.26 Å². The van der Waals surface area contributed by atoms with Gasteiger partial charge in [-0.15, -0.1) is 0 Å². The first-order chi connectivity index (χ1) is 10.3. The van der Waals surface area contributed by atoms with Gasteiger partial charge in [-0.25, -0.2) is 0 Å². The van der Waals surface area contributed by atoms with Gasteiger partial charge < -0.3 is 9.73 Å². The highest BCUT2D eigenvalue weighted by Gasteiger charge is 2.10. The van der Waals surface area contributed by atoms with Gasteiger partial charge in [0.1, 0.15) is 11.5 Å². The molecule has 0 saturated heterocycles. The molecule has 3 rings (SSSR count). The van der Waals surface area contributed by atoms with E-state index in [-0.39, 0.29) is 0 Å². The number of rotatable bonds is 4. The molecule has 0 atom stereocenters. The smallest absolute Gasteiger partial charge is 0.152 e. The van der Waals surface area contributed by atoms with E-state index in [1.807, 2.05) is 37.3 Å². The number of hydrogen-bond donors (Lipinski definition) is 2. The van der Waals surface area contributed by atoms with Gasteiger partial charge in [-0.3, -0.25) is 5.10 Å². The highest BCUT2D eigenvalue weighted by molar-refractivity contribution is 5.58. The van der Waals surface area contributed by atoms with Crippen LogP contribution in [0.2, 0.25) is 0 Å². The summed E-state index contributed by atoms with van der Waals surface area (Å²) in [6.45, 7) is 2.51. The molecule has 0 spiro atoms. The average molecular weight is 278 g/mol. The number of aromatic amines is 1. The number of nitrogens with zero attached hydrogens (tertiary/aromatic N) is 2. The van der Waals surface area contributed by atoms with E-state index in [4.69, 9.17) is 9.68 Å². The molecule has 0 unspecified atom stereocenters. The van der Waals surface area contributed by atoms with Crippen LogP contribution in [0.4, 0.5) is 5.69 Å². The monoisotopic (exact) mass is 278 g/mol. The molecule has 0 aliphatic heterocycles. The first-order valence-electron chi connectivity index (χ1n) is 6.59. The largest absolute Gasteiger partial charge is 0.460 e. The van der Waals surface area contributed by atoms with Crippen LogP contribution < -0.4 is 5.32 Å². The van der Waals surface area contributed by atoms with Crippen molar-refractivity contribution in [2.24, 2.45) is 0 Å². The van der Waals surface area contributed by atoms with Crippen molar-refractivity contribution in [3.63, 3.8) is 0 Å². The molecule has 0 fully saturated rings. The van der Waals surface area contributed by atoms with Crippen molar-refractivity contribution in [2.45, 2.75) is 13.5 Å². The SMILES string of the molecule is Cc1ccc(-c2[nH]ncc2CNc2cccc(C#N)c2)o1. The lowest BCUT2D eigenvalue weighted by Gasteiger charge is -2.06. The van der Waals surface area contributed by atoms with Gasteiger partial charge in [-0.05, 0) is 37.3 Å². The lowest BCUT2D eigenvalue weighted by Crippen LogP contribution is -1.99. The summed E-state index contributed by atoms with van der Waals surface area (Å²) in [6, 6.07) is 13.3. The third kappa shape index (κ3) is 2.79. The van der Waals surface area contributed by atoms with Crippen molar-refractivity contribution in [3.8, 4) is 17.5 Å². The van der Waals surface area contributed by atoms with E-state index in [1.165, 1.54) is 0 Å². The van der Waals surface area contributed by atoms with Crippen LogP contribution >= 0.6 is 0 Å². The van der Waals surface area contributed by atoms with Crippen LogP contribution in [0.15, 0.2) is 47.0 Å². The second-order valence-electron chi connectivity index (χ2n) is 4.73. The molecule has 0 saturated carbocycles. The predicted octanol–water partition coefficient (Wildman–Crippen LogP) is 3.46. The summed E-state index contributed by atoms with van der Waals surface area (Å²) in [5.41, 5.74) is 3.41. The van der Waals surface area contributed by atoms with Crippen LogP contribution in [-0.2, 0) is 6.54 Å². The molecule has 2 N–H and O–H groups in total.